The summed E-state index contributed by atoms with van der Waals surface area (Å²) in [5, 5.41) is 7.03. The molecule has 170 valence electrons. The predicted molar refractivity (Wildman–Crippen MR) is 127 cm³/mol. The van der Waals surface area contributed by atoms with Gasteiger partial charge in [0, 0.05) is 28.6 Å². The topological polar surface area (TPSA) is 54.4 Å². The van der Waals surface area contributed by atoms with Crippen LogP contribution < -0.4 is 9.47 Å². The number of carbonyl (C=O) groups is 1. The van der Waals surface area contributed by atoms with E-state index in [1.165, 1.54) is 0 Å². The molecule has 1 fully saturated rings. The maximum atomic E-state index is 13.4. The summed E-state index contributed by atoms with van der Waals surface area (Å²) < 4.78 is 11.0. The molecule has 0 aliphatic carbocycles. The lowest BCUT2D eigenvalue weighted by molar-refractivity contribution is -0.134. The van der Waals surface area contributed by atoms with Gasteiger partial charge in [-0.1, -0.05) is 36.7 Å². The summed E-state index contributed by atoms with van der Waals surface area (Å²) in [6, 6.07) is 13.1. The van der Waals surface area contributed by atoms with Crippen molar-refractivity contribution in [1.82, 2.24) is 9.91 Å². The van der Waals surface area contributed by atoms with E-state index in [2.05, 4.69) is 11.8 Å². The summed E-state index contributed by atoms with van der Waals surface area (Å²) in [5.74, 6) is 2.09. The molecule has 2 aromatic carbocycles. The Labute approximate surface area is 194 Å². The molecule has 4 rings (SSSR count). The predicted octanol–water partition coefficient (Wildman–Crippen LogP) is 4.77. The molecule has 0 saturated carbocycles. The molecule has 2 heterocycles. The molecule has 6 nitrogen and oxygen atoms in total. The van der Waals surface area contributed by atoms with Crippen LogP contribution in [0.3, 0.4) is 0 Å². The van der Waals surface area contributed by atoms with Gasteiger partial charge < -0.3 is 9.47 Å². The van der Waals surface area contributed by atoms with Gasteiger partial charge in [0.25, 0.3) is 5.91 Å². The summed E-state index contributed by atoms with van der Waals surface area (Å²) >= 11 is 6.46. The van der Waals surface area contributed by atoms with Crippen molar-refractivity contribution < 1.29 is 14.3 Å². The Balaban J connectivity index is 1.65. The summed E-state index contributed by atoms with van der Waals surface area (Å²) in [6.45, 7) is 4.52. The van der Waals surface area contributed by atoms with Crippen molar-refractivity contribution in [2.24, 2.45) is 11.0 Å². The van der Waals surface area contributed by atoms with Crippen molar-refractivity contribution in [3.8, 4) is 11.5 Å². The van der Waals surface area contributed by atoms with Crippen molar-refractivity contribution in [2.75, 3.05) is 33.9 Å². The highest BCUT2D eigenvalue weighted by Crippen LogP contribution is 2.40. The number of nitrogens with zero attached hydrogens (tertiary/aromatic N) is 3. The van der Waals surface area contributed by atoms with E-state index in [9.17, 15) is 4.79 Å². The Hall–Kier alpha value is -2.57. The maximum absolute atomic E-state index is 13.4. The van der Waals surface area contributed by atoms with E-state index in [1.807, 2.05) is 42.5 Å². The Kier molecular flexibility index (Phi) is 7.01. The van der Waals surface area contributed by atoms with Crippen LogP contribution in [-0.4, -0.2) is 55.4 Å². The van der Waals surface area contributed by atoms with E-state index in [1.54, 1.807) is 19.2 Å². The number of halogens is 1. The lowest BCUT2D eigenvalue weighted by Gasteiger charge is -2.31. The number of rotatable bonds is 6. The fourth-order valence-corrected chi connectivity index (χ4v) is 4.66. The number of hydrogen-bond donors (Lipinski definition) is 0. The third kappa shape index (κ3) is 4.76. The fraction of sp³-hybridized carbons (Fsp3) is 0.440. The zero-order chi connectivity index (χ0) is 22.7. The number of amides is 1. The monoisotopic (exact) mass is 455 g/mol. The highest BCUT2D eigenvalue weighted by atomic mass is 35.5. The van der Waals surface area contributed by atoms with E-state index in [0.29, 0.717) is 35.4 Å². The van der Waals surface area contributed by atoms with Gasteiger partial charge in [-0.2, -0.15) is 5.10 Å². The van der Waals surface area contributed by atoms with Crippen LogP contribution in [-0.2, 0) is 4.79 Å². The van der Waals surface area contributed by atoms with Crippen LogP contribution >= 0.6 is 11.6 Å². The largest absolute Gasteiger partial charge is 0.497 e. The molecule has 0 N–H and O–H groups in total. The van der Waals surface area contributed by atoms with Gasteiger partial charge in [0.1, 0.15) is 11.5 Å². The number of piperidine rings is 1. The van der Waals surface area contributed by atoms with E-state index in [0.717, 1.165) is 42.8 Å². The van der Waals surface area contributed by atoms with Gasteiger partial charge >= 0.3 is 0 Å². The average Bonchev–Trinajstić information content (AvgIpc) is 3.25. The van der Waals surface area contributed by atoms with Gasteiger partial charge in [-0.3, -0.25) is 9.69 Å². The van der Waals surface area contributed by atoms with Crippen molar-refractivity contribution >= 4 is 23.2 Å². The van der Waals surface area contributed by atoms with Crippen LogP contribution in [0.1, 0.15) is 43.4 Å². The van der Waals surface area contributed by atoms with Gasteiger partial charge in [-0.15, -0.1) is 0 Å². The Morgan fingerprint density at radius 3 is 2.56 bits per heavy atom. The minimum atomic E-state index is -0.265. The first-order valence-corrected chi connectivity index (χ1v) is 11.5. The van der Waals surface area contributed by atoms with Gasteiger partial charge in [0.15, 0.2) is 0 Å². The number of carbonyl (C=O) groups excluding carboxylic acids is 1. The second kappa shape index (κ2) is 9.92. The molecular formula is C25H30ClN3O3. The lowest BCUT2D eigenvalue weighted by Crippen LogP contribution is -2.41. The van der Waals surface area contributed by atoms with Crippen LogP contribution in [0.25, 0.3) is 0 Å². The molecule has 7 heteroatoms. The van der Waals surface area contributed by atoms with E-state index in [-0.39, 0.29) is 11.9 Å². The highest BCUT2D eigenvalue weighted by molar-refractivity contribution is 6.34. The summed E-state index contributed by atoms with van der Waals surface area (Å²) in [7, 11) is 3.25. The van der Waals surface area contributed by atoms with Crippen molar-refractivity contribution in [3.05, 3.63) is 58.6 Å². The summed E-state index contributed by atoms with van der Waals surface area (Å²) in [4.78, 5) is 15.7. The van der Waals surface area contributed by atoms with Crippen molar-refractivity contribution in [3.63, 3.8) is 0 Å². The fourth-order valence-electron chi connectivity index (χ4n) is 4.42. The van der Waals surface area contributed by atoms with E-state index < -0.39 is 0 Å². The molecule has 0 spiro atoms. The molecule has 2 aliphatic heterocycles. The molecule has 1 atom stereocenters. The number of benzene rings is 2. The Morgan fingerprint density at radius 1 is 1.12 bits per heavy atom. The Bertz CT molecular complexity index is 1000. The molecule has 1 amide bonds. The van der Waals surface area contributed by atoms with E-state index >= 15 is 0 Å². The number of hydrazone groups is 1. The van der Waals surface area contributed by atoms with Crippen molar-refractivity contribution in [1.29, 1.82) is 0 Å². The molecule has 32 heavy (non-hydrogen) atoms. The lowest BCUT2D eigenvalue weighted by atomic mass is 9.97. The minimum Gasteiger partial charge on any atom is -0.497 e. The van der Waals surface area contributed by atoms with Crippen LogP contribution in [0.5, 0.6) is 11.5 Å². The van der Waals surface area contributed by atoms with Crippen LogP contribution in [0.4, 0.5) is 0 Å². The summed E-state index contributed by atoms with van der Waals surface area (Å²) in [5.41, 5.74) is 2.56. The quantitative estimate of drug-likeness (QED) is 0.629. The SMILES string of the molecule is COc1ccc([C@H]2CC(c3ccccc3Cl)=NN2C(=O)CN2CCC(C)CC2)c(OC)c1. The zero-order valence-corrected chi connectivity index (χ0v) is 19.6. The number of ether oxygens (including phenoxy) is 2. The van der Waals surface area contributed by atoms with Gasteiger partial charge in [0.2, 0.25) is 0 Å². The normalized spacial score (nSPS) is 19.7. The minimum absolute atomic E-state index is 0.00974. The number of methoxy groups -OCH3 is 2. The maximum Gasteiger partial charge on any atom is 0.257 e. The van der Waals surface area contributed by atoms with Crippen LogP contribution in [0.2, 0.25) is 5.02 Å². The second-order valence-corrected chi connectivity index (χ2v) is 8.96. The molecule has 1 saturated heterocycles. The first kappa shape index (κ1) is 22.6. The summed E-state index contributed by atoms with van der Waals surface area (Å²) in [6.07, 6.45) is 2.81. The van der Waals surface area contributed by atoms with E-state index in [4.69, 9.17) is 26.2 Å². The average molecular weight is 456 g/mol. The van der Waals surface area contributed by atoms with Crippen LogP contribution in [0, 0.1) is 5.92 Å². The second-order valence-electron chi connectivity index (χ2n) is 8.55. The smallest absolute Gasteiger partial charge is 0.257 e. The third-order valence-electron chi connectivity index (χ3n) is 6.39. The molecule has 2 aliphatic rings. The molecule has 0 radical (unpaired) electrons. The number of hydrogen-bond acceptors (Lipinski definition) is 5. The third-order valence-corrected chi connectivity index (χ3v) is 6.72. The number of likely N-dealkylation sites (tertiary alicyclic amines) is 1. The molecular weight excluding hydrogens is 426 g/mol. The van der Waals surface area contributed by atoms with Gasteiger partial charge in [-0.25, -0.2) is 5.01 Å². The first-order chi connectivity index (χ1) is 15.5. The molecule has 2 aromatic rings. The Morgan fingerprint density at radius 2 is 1.88 bits per heavy atom. The highest BCUT2D eigenvalue weighted by Gasteiger charge is 2.36. The van der Waals surface area contributed by atoms with Gasteiger partial charge in [-0.05, 0) is 50.0 Å². The first-order valence-electron chi connectivity index (χ1n) is 11.1. The van der Waals surface area contributed by atoms with Crippen LogP contribution in [0.15, 0.2) is 47.6 Å². The standard InChI is InChI=1S/C25H30ClN3O3/c1-17-10-12-28(13-11-17)16-25(30)29-23(20-9-8-18(31-2)14-24(20)32-3)15-22(27-29)19-6-4-5-7-21(19)26/h4-9,14,17,23H,10-13,15-16H2,1-3H3/t23-/m1/s1. The molecule has 0 aromatic heterocycles. The molecule has 0 bridgehead atoms. The van der Waals surface area contributed by atoms with Gasteiger partial charge in [0.05, 0.1) is 32.5 Å². The van der Waals surface area contributed by atoms with Crippen molar-refractivity contribution in [2.45, 2.75) is 32.2 Å². The zero-order valence-electron chi connectivity index (χ0n) is 18.9. The molecule has 0 unspecified atom stereocenters.